The summed E-state index contributed by atoms with van der Waals surface area (Å²) in [6, 6.07) is 10.5. The van der Waals surface area contributed by atoms with Crippen LogP contribution in [0.15, 0.2) is 30.3 Å². The maximum atomic E-state index is 4.41. The van der Waals surface area contributed by atoms with Crippen LogP contribution in [0.1, 0.15) is 29.6 Å². The molecule has 0 aliphatic rings. The Morgan fingerprint density at radius 1 is 1.11 bits per heavy atom. The Morgan fingerprint density at radius 2 is 1.89 bits per heavy atom. The van der Waals surface area contributed by atoms with Crippen LogP contribution in [0.25, 0.3) is 0 Å². The van der Waals surface area contributed by atoms with Gasteiger partial charge in [-0.1, -0.05) is 31.2 Å². The average molecular weight is 255 g/mol. The van der Waals surface area contributed by atoms with Gasteiger partial charge in [0.15, 0.2) is 0 Å². The molecule has 0 amide bonds. The summed E-state index contributed by atoms with van der Waals surface area (Å²) in [4.78, 5) is 8.79. The van der Waals surface area contributed by atoms with Gasteiger partial charge in [-0.25, -0.2) is 9.97 Å². The van der Waals surface area contributed by atoms with Crippen molar-refractivity contribution in [1.29, 1.82) is 0 Å². The molecule has 0 unspecified atom stereocenters. The van der Waals surface area contributed by atoms with Gasteiger partial charge in [0.05, 0.1) is 0 Å². The lowest BCUT2D eigenvalue weighted by Crippen LogP contribution is -2.09. The van der Waals surface area contributed by atoms with E-state index in [1.165, 1.54) is 11.1 Å². The molecule has 0 bridgehead atoms. The quantitative estimate of drug-likeness (QED) is 0.890. The summed E-state index contributed by atoms with van der Waals surface area (Å²) in [5, 5.41) is 3.38. The molecule has 3 nitrogen and oxygen atoms in total. The van der Waals surface area contributed by atoms with Gasteiger partial charge in [-0.2, -0.15) is 0 Å². The predicted octanol–water partition coefficient (Wildman–Crippen LogP) is 3.31. The molecule has 100 valence electrons. The standard InChI is InChI=1S/C16H21N3/c1-4-15-11-16(19-13(3)18-15)17-10-9-14-8-6-5-7-12(14)2/h5-8,11H,4,9-10H2,1-3H3,(H,17,18,19). The molecule has 1 aromatic heterocycles. The van der Waals surface area contributed by atoms with Crippen LogP contribution in [0, 0.1) is 13.8 Å². The van der Waals surface area contributed by atoms with Crippen LogP contribution in [0.5, 0.6) is 0 Å². The Kier molecular flexibility index (Phi) is 4.50. The second kappa shape index (κ2) is 6.32. The summed E-state index contributed by atoms with van der Waals surface area (Å²) < 4.78 is 0. The molecule has 0 atom stereocenters. The number of hydrogen-bond acceptors (Lipinski definition) is 3. The highest BCUT2D eigenvalue weighted by Gasteiger charge is 2.01. The largest absolute Gasteiger partial charge is 0.370 e. The number of nitrogens with zero attached hydrogens (tertiary/aromatic N) is 2. The van der Waals surface area contributed by atoms with Crippen molar-refractivity contribution in [2.75, 3.05) is 11.9 Å². The van der Waals surface area contributed by atoms with Gasteiger partial charge in [-0.3, -0.25) is 0 Å². The first-order valence-corrected chi connectivity index (χ1v) is 6.82. The molecule has 0 saturated carbocycles. The third-order valence-corrected chi connectivity index (χ3v) is 3.21. The van der Waals surface area contributed by atoms with Crippen molar-refractivity contribution >= 4 is 5.82 Å². The second-order valence-electron chi connectivity index (χ2n) is 4.75. The molecule has 0 fully saturated rings. The number of rotatable bonds is 5. The zero-order valence-corrected chi connectivity index (χ0v) is 11.9. The topological polar surface area (TPSA) is 37.8 Å². The zero-order chi connectivity index (χ0) is 13.7. The Labute approximate surface area is 115 Å². The number of aromatic nitrogens is 2. The maximum absolute atomic E-state index is 4.41. The maximum Gasteiger partial charge on any atom is 0.129 e. The third-order valence-electron chi connectivity index (χ3n) is 3.21. The van der Waals surface area contributed by atoms with Gasteiger partial charge in [0.25, 0.3) is 0 Å². The fourth-order valence-electron chi connectivity index (χ4n) is 2.12. The molecule has 1 heterocycles. The zero-order valence-electron chi connectivity index (χ0n) is 11.9. The van der Waals surface area contributed by atoms with Crippen molar-refractivity contribution in [2.45, 2.75) is 33.6 Å². The van der Waals surface area contributed by atoms with Gasteiger partial charge in [-0.05, 0) is 37.8 Å². The minimum Gasteiger partial charge on any atom is -0.370 e. The van der Waals surface area contributed by atoms with Crippen molar-refractivity contribution in [1.82, 2.24) is 9.97 Å². The van der Waals surface area contributed by atoms with Crippen molar-refractivity contribution in [3.05, 3.63) is 53.0 Å². The highest BCUT2D eigenvalue weighted by molar-refractivity contribution is 5.36. The molecular weight excluding hydrogens is 234 g/mol. The van der Waals surface area contributed by atoms with Crippen molar-refractivity contribution in [3.8, 4) is 0 Å². The van der Waals surface area contributed by atoms with E-state index in [4.69, 9.17) is 0 Å². The van der Waals surface area contributed by atoms with Crippen molar-refractivity contribution in [3.63, 3.8) is 0 Å². The molecule has 0 radical (unpaired) electrons. The minimum absolute atomic E-state index is 0.831. The van der Waals surface area contributed by atoms with Crippen LogP contribution in [0.4, 0.5) is 5.82 Å². The normalized spacial score (nSPS) is 10.5. The van der Waals surface area contributed by atoms with Gasteiger partial charge in [-0.15, -0.1) is 0 Å². The number of anilines is 1. The van der Waals surface area contributed by atoms with Gasteiger partial charge in [0.1, 0.15) is 11.6 Å². The first-order chi connectivity index (χ1) is 9.19. The summed E-state index contributed by atoms with van der Waals surface area (Å²) in [6.07, 6.45) is 1.95. The van der Waals surface area contributed by atoms with Crippen LogP contribution in [0.3, 0.4) is 0 Å². The van der Waals surface area contributed by atoms with Crippen LogP contribution in [-0.2, 0) is 12.8 Å². The summed E-state index contributed by atoms with van der Waals surface area (Å²) in [6.45, 7) is 7.09. The first kappa shape index (κ1) is 13.5. The van der Waals surface area contributed by atoms with Crippen LogP contribution < -0.4 is 5.32 Å². The van der Waals surface area contributed by atoms with Crippen molar-refractivity contribution in [2.24, 2.45) is 0 Å². The smallest absolute Gasteiger partial charge is 0.129 e. The number of nitrogens with one attached hydrogen (secondary N) is 1. The molecule has 19 heavy (non-hydrogen) atoms. The van der Waals surface area contributed by atoms with Gasteiger partial charge in [0, 0.05) is 18.3 Å². The van der Waals surface area contributed by atoms with Gasteiger partial charge in [0.2, 0.25) is 0 Å². The summed E-state index contributed by atoms with van der Waals surface area (Å²) in [7, 11) is 0. The minimum atomic E-state index is 0.831. The van der Waals surface area contributed by atoms with Crippen LogP contribution in [0.2, 0.25) is 0 Å². The molecule has 0 aliphatic carbocycles. The molecule has 0 saturated heterocycles. The molecule has 3 heteroatoms. The fourth-order valence-corrected chi connectivity index (χ4v) is 2.12. The van der Waals surface area contributed by atoms with Crippen molar-refractivity contribution < 1.29 is 0 Å². The predicted molar refractivity (Wildman–Crippen MR) is 79.5 cm³/mol. The van der Waals surface area contributed by atoms with Crippen LogP contribution >= 0.6 is 0 Å². The van der Waals surface area contributed by atoms with Crippen LogP contribution in [-0.4, -0.2) is 16.5 Å². The number of hydrogen-bond donors (Lipinski definition) is 1. The Balaban J connectivity index is 1.96. The molecule has 2 rings (SSSR count). The monoisotopic (exact) mass is 255 g/mol. The van der Waals surface area contributed by atoms with E-state index in [0.717, 1.165) is 36.7 Å². The summed E-state index contributed by atoms with van der Waals surface area (Å²) in [5.74, 6) is 1.76. The number of aryl methyl sites for hydroxylation is 3. The summed E-state index contributed by atoms with van der Waals surface area (Å²) >= 11 is 0. The molecule has 1 N–H and O–H groups in total. The lowest BCUT2D eigenvalue weighted by Gasteiger charge is -2.09. The number of benzene rings is 1. The molecule has 2 aromatic rings. The highest BCUT2D eigenvalue weighted by atomic mass is 15.0. The fraction of sp³-hybridized carbons (Fsp3) is 0.375. The van der Waals surface area contributed by atoms with E-state index in [1.807, 2.05) is 13.0 Å². The molecule has 0 aliphatic heterocycles. The van der Waals surface area contributed by atoms with Gasteiger partial charge < -0.3 is 5.32 Å². The lowest BCUT2D eigenvalue weighted by atomic mass is 10.1. The van der Waals surface area contributed by atoms with E-state index in [-0.39, 0.29) is 0 Å². The Hall–Kier alpha value is -1.90. The Bertz CT molecular complexity index is 549. The molecule has 0 spiro atoms. The molecular formula is C16H21N3. The first-order valence-electron chi connectivity index (χ1n) is 6.82. The second-order valence-corrected chi connectivity index (χ2v) is 4.75. The third kappa shape index (κ3) is 3.78. The average Bonchev–Trinajstić information content (AvgIpc) is 2.40. The van der Waals surface area contributed by atoms with E-state index in [9.17, 15) is 0 Å². The van der Waals surface area contributed by atoms with E-state index in [2.05, 4.69) is 53.4 Å². The van der Waals surface area contributed by atoms with E-state index >= 15 is 0 Å². The highest BCUT2D eigenvalue weighted by Crippen LogP contribution is 2.10. The Morgan fingerprint density at radius 3 is 2.63 bits per heavy atom. The molecule has 1 aromatic carbocycles. The van der Waals surface area contributed by atoms with E-state index in [0.29, 0.717) is 0 Å². The van der Waals surface area contributed by atoms with E-state index < -0.39 is 0 Å². The lowest BCUT2D eigenvalue weighted by molar-refractivity contribution is 0.930. The van der Waals surface area contributed by atoms with Gasteiger partial charge >= 0.3 is 0 Å². The van der Waals surface area contributed by atoms with E-state index in [1.54, 1.807) is 0 Å². The SMILES string of the molecule is CCc1cc(NCCc2ccccc2C)nc(C)n1. The summed E-state index contributed by atoms with van der Waals surface area (Å²) in [5.41, 5.74) is 3.82.